The summed E-state index contributed by atoms with van der Waals surface area (Å²) in [6.45, 7) is 1.99. The van der Waals surface area contributed by atoms with Crippen LogP contribution in [-0.2, 0) is 16.0 Å². The highest BCUT2D eigenvalue weighted by Gasteiger charge is 2.32. The van der Waals surface area contributed by atoms with Gasteiger partial charge in [0.25, 0.3) is 0 Å². The number of nitrogens with one attached hydrogen (secondary N) is 2. The molecule has 0 spiro atoms. The molecule has 0 radical (unpaired) electrons. The molecule has 1 atom stereocenters. The lowest BCUT2D eigenvalue weighted by atomic mass is 9.95. The number of esters is 1. The van der Waals surface area contributed by atoms with Gasteiger partial charge in [-0.2, -0.15) is 0 Å². The van der Waals surface area contributed by atoms with Crippen molar-refractivity contribution in [3.05, 3.63) is 77.0 Å². The SMILES string of the molecule is CC1=C(C(=O)OCCc2ccccc2)C(c2ccc(N(C)C)cc2)NC(=O)N1. The summed E-state index contributed by atoms with van der Waals surface area (Å²) in [6.07, 6.45) is 0.640. The molecule has 0 bridgehead atoms. The van der Waals surface area contributed by atoms with E-state index in [9.17, 15) is 9.59 Å². The Labute approximate surface area is 165 Å². The van der Waals surface area contributed by atoms with Crippen molar-refractivity contribution in [1.29, 1.82) is 0 Å². The quantitative estimate of drug-likeness (QED) is 0.757. The Morgan fingerprint density at radius 2 is 1.75 bits per heavy atom. The molecule has 146 valence electrons. The summed E-state index contributed by atoms with van der Waals surface area (Å²) in [5, 5.41) is 5.50. The van der Waals surface area contributed by atoms with E-state index >= 15 is 0 Å². The topological polar surface area (TPSA) is 70.7 Å². The zero-order chi connectivity index (χ0) is 20.1. The van der Waals surface area contributed by atoms with Crippen molar-refractivity contribution in [2.24, 2.45) is 0 Å². The van der Waals surface area contributed by atoms with Gasteiger partial charge in [-0.05, 0) is 30.2 Å². The van der Waals surface area contributed by atoms with Gasteiger partial charge >= 0.3 is 12.0 Å². The van der Waals surface area contributed by atoms with Gasteiger partial charge in [-0.25, -0.2) is 9.59 Å². The van der Waals surface area contributed by atoms with E-state index in [0.717, 1.165) is 16.8 Å². The zero-order valence-corrected chi connectivity index (χ0v) is 16.4. The number of urea groups is 1. The number of amides is 2. The molecule has 0 fully saturated rings. The minimum atomic E-state index is -0.547. The van der Waals surface area contributed by atoms with E-state index in [2.05, 4.69) is 10.6 Å². The summed E-state index contributed by atoms with van der Waals surface area (Å²) in [6, 6.07) is 16.7. The smallest absolute Gasteiger partial charge is 0.338 e. The molecular weight excluding hydrogens is 354 g/mol. The van der Waals surface area contributed by atoms with Crippen molar-refractivity contribution in [3.8, 4) is 0 Å². The Morgan fingerprint density at radius 1 is 1.07 bits per heavy atom. The number of carbonyl (C=O) groups excluding carboxylic acids is 2. The first-order valence-corrected chi connectivity index (χ1v) is 9.22. The lowest BCUT2D eigenvalue weighted by Crippen LogP contribution is -2.45. The molecule has 1 aliphatic rings. The van der Waals surface area contributed by atoms with Gasteiger partial charge in [0.1, 0.15) is 0 Å². The molecular formula is C22H25N3O3. The van der Waals surface area contributed by atoms with Crippen LogP contribution in [0.1, 0.15) is 24.1 Å². The van der Waals surface area contributed by atoms with Gasteiger partial charge in [-0.3, -0.25) is 0 Å². The average molecular weight is 379 g/mol. The predicted molar refractivity (Wildman–Crippen MR) is 109 cm³/mol. The molecule has 3 rings (SSSR count). The first-order chi connectivity index (χ1) is 13.5. The highest BCUT2D eigenvalue weighted by atomic mass is 16.5. The summed E-state index contributed by atoms with van der Waals surface area (Å²) in [4.78, 5) is 26.8. The fraction of sp³-hybridized carbons (Fsp3) is 0.273. The van der Waals surface area contributed by atoms with Gasteiger partial charge in [0.2, 0.25) is 0 Å². The number of hydrogen-bond donors (Lipinski definition) is 2. The minimum absolute atomic E-state index is 0.278. The van der Waals surface area contributed by atoms with Crippen LogP contribution in [0.2, 0.25) is 0 Å². The average Bonchev–Trinajstić information content (AvgIpc) is 2.68. The molecule has 1 aliphatic heterocycles. The van der Waals surface area contributed by atoms with Crippen molar-refractivity contribution in [2.75, 3.05) is 25.6 Å². The summed E-state index contributed by atoms with van der Waals surface area (Å²) < 4.78 is 5.51. The maximum absolute atomic E-state index is 12.8. The van der Waals surface area contributed by atoms with Crippen LogP contribution < -0.4 is 15.5 Å². The molecule has 2 aromatic rings. The first kappa shape index (κ1) is 19.5. The van der Waals surface area contributed by atoms with Gasteiger partial charge in [0.05, 0.1) is 18.2 Å². The second-order valence-electron chi connectivity index (χ2n) is 6.93. The zero-order valence-electron chi connectivity index (χ0n) is 16.4. The Kier molecular flexibility index (Phi) is 5.99. The van der Waals surface area contributed by atoms with Crippen LogP contribution in [0.25, 0.3) is 0 Å². The van der Waals surface area contributed by atoms with E-state index in [4.69, 9.17) is 4.74 Å². The van der Waals surface area contributed by atoms with Crippen molar-refractivity contribution >= 4 is 17.7 Å². The van der Waals surface area contributed by atoms with Gasteiger partial charge < -0.3 is 20.3 Å². The van der Waals surface area contributed by atoms with E-state index in [1.54, 1.807) is 6.92 Å². The molecule has 0 saturated heterocycles. The molecule has 0 aliphatic carbocycles. The standard InChI is InChI=1S/C22H25N3O3/c1-15-19(21(26)28-14-13-16-7-5-4-6-8-16)20(24-22(27)23-15)17-9-11-18(12-10-17)25(2)3/h4-12,20H,13-14H2,1-3H3,(H2,23,24,27). The minimum Gasteiger partial charge on any atom is -0.462 e. The Morgan fingerprint density at radius 3 is 2.39 bits per heavy atom. The van der Waals surface area contributed by atoms with Crippen LogP contribution in [0.4, 0.5) is 10.5 Å². The van der Waals surface area contributed by atoms with E-state index in [0.29, 0.717) is 17.7 Å². The Hall–Kier alpha value is -3.28. The number of benzene rings is 2. The van der Waals surface area contributed by atoms with E-state index in [1.165, 1.54) is 0 Å². The maximum Gasteiger partial charge on any atom is 0.338 e. The van der Waals surface area contributed by atoms with E-state index in [1.807, 2.05) is 73.6 Å². The number of anilines is 1. The largest absolute Gasteiger partial charge is 0.462 e. The number of nitrogens with zero attached hydrogens (tertiary/aromatic N) is 1. The molecule has 2 N–H and O–H groups in total. The Bertz CT molecular complexity index is 874. The van der Waals surface area contributed by atoms with Crippen LogP contribution >= 0.6 is 0 Å². The number of ether oxygens (including phenoxy) is 1. The van der Waals surface area contributed by atoms with Crippen molar-refractivity contribution < 1.29 is 14.3 Å². The predicted octanol–water partition coefficient (Wildman–Crippen LogP) is 3.17. The Balaban J connectivity index is 1.76. The molecule has 6 nitrogen and oxygen atoms in total. The highest BCUT2D eigenvalue weighted by Crippen LogP contribution is 2.28. The van der Waals surface area contributed by atoms with Gasteiger partial charge in [0.15, 0.2) is 0 Å². The lowest BCUT2D eigenvalue weighted by Gasteiger charge is -2.28. The van der Waals surface area contributed by atoms with E-state index < -0.39 is 12.0 Å². The number of carbonyl (C=O) groups is 2. The third-order valence-corrected chi connectivity index (χ3v) is 4.70. The maximum atomic E-state index is 12.8. The fourth-order valence-electron chi connectivity index (χ4n) is 3.16. The third-order valence-electron chi connectivity index (χ3n) is 4.70. The summed E-state index contributed by atoms with van der Waals surface area (Å²) in [5.74, 6) is -0.428. The molecule has 1 unspecified atom stereocenters. The highest BCUT2D eigenvalue weighted by molar-refractivity contribution is 5.95. The molecule has 2 aromatic carbocycles. The van der Waals surface area contributed by atoms with E-state index in [-0.39, 0.29) is 12.6 Å². The summed E-state index contributed by atoms with van der Waals surface area (Å²) in [7, 11) is 3.92. The fourth-order valence-corrected chi connectivity index (χ4v) is 3.16. The first-order valence-electron chi connectivity index (χ1n) is 9.22. The monoisotopic (exact) mass is 379 g/mol. The normalized spacial score (nSPS) is 16.2. The molecule has 2 amide bonds. The third kappa shape index (κ3) is 4.52. The van der Waals surface area contributed by atoms with Gasteiger partial charge in [0, 0.05) is 31.9 Å². The van der Waals surface area contributed by atoms with Crippen LogP contribution in [0.5, 0.6) is 0 Å². The molecule has 1 heterocycles. The summed E-state index contributed by atoms with van der Waals surface area (Å²) in [5.41, 5.74) is 3.90. The number of allylic oxidation sites excluding steroid dienone is 1. The van der Waals surface area contributed by atoms with Crippen LogP contribution in [0, 0.1) is 0 Å². The number of hydrogen-bond acceptors (Lipinski definition) is 4. The molecule has 0 aromatic heterocycles. The van der Waals surface area contributed by atoms with Crippen molar-refractivity contribution in [2.45, 2.75) is 19.4 Å². The van der Waals surface area contributed by atoms with Crippen molar-refractivity contribution in [3.63, 3.8) is 0 Å². The van der Waals surface area contributed by atoms with Gasteiger partial charge in [-0.1, -0.05) is 42.5 Å². The molecule has 28 heavy (non-hydrogen) atoms. The van der Waals surface area contributed by atoms with Crippen LogP contribution in [-0.4, -0.2) is 32.7 Å². The molecule has 0 saturated carbocycles. The van der Waals surface area contributed by atoms with Gasteiger partial charge in [-0.15, -0.1) is 0 Å². The molecule has 6 heteroatoms. The second-order valence-corrected chi connectivity index (χ2v) is 6.93. The van der Waals surface area contributed by atoms with Crippen LogP contribution in [0.15, 0.2) is 65.9 Å². The number of rotatable bonds is 6. The summed E-state index contributed by atoms with van der Waals surface area (Å²) >= 11 is 0. The lowest BCUT2D eigenvalue weighted by molar-refractivity contribution is -0.139. The van der Waals surface area contributed by atoms with Crippen molar-refractivity contribution in [1.82, 2.24) is 10.6 Å². The second kappa shape index (κ2) is 8.61. The van der Waals surface area contributed by atoms with Crippen LogP contribution in [0.3, 0.4) is 0 Å².